The minimum atomic E-state index is -0.871. The van der Waals surface area contributed by atoms with E-state index in [1.54, 1.807) is 0 Å². The highest BCUT2D eigenvalue weighted by molar-refractivity contribution is 5.66. The first kappa shape index (κ1) is 15.0. The van der Waals surface area contributed by atoms with E-state index < -0.39 is 11.5 Å². The molecule has 1 saturated carbocycles. The van der Waals surface area contributed by atoms with Crippen LogP contribution in [0.1, 0.15) is 57.7 Å². The van der Waals surface area contributed by atoms with Crippen molar-refractivity contribution in [3.63, 3.8) is 0 Å². The number of rotatable bonds is 5. The number of carboxylic acid groups (broad SMARTS) is 1. The molecule has 0 unspecified atom stereocenters. The maximum Gasteiger partial charge on any atom is 0.303 e. The first-order chi connectivity index (χ1) is 9.40. The van der Waals surface area contributed by atoms with Gasteiger partial charge in [-0.3, -0.25) is 4.79 Å². The average molecular weight is 281 g/mol. The fourth-order valence-corrected chi connectivity index (χ4v) is 2.82. The average Bonchev–Trinajstić information content (AvgIpc) is 2.86. The summed E-state index contributed by atoms with van der Waals surface area (Å²) in [6.45, 7) is 4.49. The molecule has 20 heavy (non-hydrogen) atoms. The molecule has 1 aromatic heterocycles. The highest BCUT2D eigenvalue weighted by Crippen LogP contribution is 2.39. The van der Waals surface area contributed by atoms with E-state index in [1.165, 1.54) is 0 Å². The molecular formula is C14H23N3O3. The molecule has 1 heterocycles. The third-order valence-electron chi connectivity index (χ3n) is 4.33. The van der Waals surface area contributed by atoms with E-state index in [1.807, 2.05) is 0 Å². The molecule has 6 nitrogen and oxygen atoms in total. The minimum absolute atomic E-state index is 0.00533. The van der Waals surface area contributed by atoms with Crippen molar-refractivity contribution in [3.8, 4) is 0 Å². The van der Waals surface area contributed by atoms with Crippen molar-refractivity contribution in [3.05, 3.63) is 11.7 Å². The van der Waals surface area contributed by atoms with Crippen LogP contribution in [0.4, 0.5) is 0 Å². The standard InChI is InChI=1S/C14H23N3O3/c1-9(2)10-5-7-14(15,8-6-10)13-16-11(20-17-13)3-4-12(18)19/h9-10H,3-8,15H2,1-2H3,(H,18,19). The van der Waals surface area contributed by atoms with Crippen LogP contribution in [0.25, 0.3) is 0 Å². The Bertz CT molecular complexity index is 462. The van der Waals surface area contributed by atoms with Crippen molar-refractivity contribution < 1.29 is 14.4 Å². The molecule has 0 atom stereocenters. The lowest BCUT2D eigenvalue weighted by Crippen LogP contribution is -2.42. The van der Waals surface area contributed by atoms with Crippen molar-refractivity contribution in [2.75, 3.05) is 0 Å². The van der Waals surface area contributed by atoms with Gasteiger partial charge in [-0.15, -0.1) is 0 Å². The van der Waals surface area contributed by atoms with Gasteiger partial charge in [0.25, 0.3) is 0 Å². The van der Waals surface area contributed by atoms with Crippen LogP contribution >= 0.6 is 0 Å². The van der Waals surface area contributed by atoms with Crippen molar-refractivity contribution in [2.45, 2.75) is 57.9 Å². The summed E-state index contributed by atoms with van der Waals surface area (Å²) in [5, 5.41) is 12.6. The van der Waals surface area contributed by atoms with Gasteiger partial charge in [0, 0.05) is 6.42 Å². The number of aliphatic carboxylic acids is 1. The highest BCUT2D eigenvalue weighted by Gasteiger charge is 2.37. The van der Waals surface area contributed by atoms with Crippen LogP contribution in [0.5, 0.6) is 0 Å². The Morgan fingerprint density at radius 2 is 2.15 bits per heavy atom. The number of aromatic nitrogens is 2. The third-order valence-corrected chi connectivity index (χ3v) is 4.33. The van der Waals surface area contributed by atoms with E-state index in [0.29, 0.717) is 23.6 Å². The fraction of sp³-hybridized carbons (Fsp3) is 0.786. The molecule has 1 aromatic rings. The Labute approximate surface area is 118 Å². The van der Waals surface area contributed by atoms with Crippen LogP contribution in [0.3, 0.4) is 0 Å². The van der Waals surface area contributed by atoms with Gasteiger partial charge in [0.2, 0.25) is 5.89 Å². The van der Waals surface area contributed by atoms with Gasteiger partial charge in [-0.1, -0.05) is 19.0 Å². The monoisotopic (exact) mass is 281 g/mol. The molecule has 0 bridgehead atoms. The summed E-state index contributed by atoms with van der Waals surface area (Å²) in [5.74, 6) is 1.41. The van der Waals surface area contributed by atoms with E-state index in [0.717, 1.165) is 25.7 Å². The number of carbonyl (C=O) groups is 1. The smallest absolute Gasteiger partial charge is 0.303 e. The summed E-state index contributed by atoms with van der Waals surface area (Å²) >= 11 is 0. The Morgan fingerprint density at radius 1 is 1.50 bits per heavy atom. The minimum Gasteiger partial charge on any atom is -0.481 e. The topological polar surface area (TPSA) is 102 Å². The number of hydrogen-bond donors (Lipinski definition) is 2. The molecule has 2 rings (SSSR count). The van der Waals surface area contributed by atoms with E-state index in [-0.39, 0.29) is 12.8 Å². The zero-order chi connectivity index (χ0) is 14.8. The summed E-state index contributed by atoms with van der Waals surface area (Å²) < 4.78 is 5.10. The molecule has 112 valence electrons. The van der Waals surface area contributed by atoms with Gasteiger partial charge < -0.3 is 15.4 Å². The maximum atomic E-state index is 10.5. The van der Waals surface area contributed by atoms with Gasteiger partial charge in [-0.25, -0.2) is 0 Å². The molecule has 1 aliphatic rings. The van der Waals surface area contributed by atoms with E-state index in [4.69, 9.17) is 15.4 Å². The number of carboxylic acids is 1. The molecular weight excluding hydrogens is 258 g/mol. The largest absolute Gasteiger partial charge is 0.481 e. The summed E-state index contributed by atoms with van der Waals surface area (Å²) in [7, 11) is 0. The van der Waals surface area contributed by atoms with Crippen molar-refractivity contribution >= 4 is 5.97 Å². The molecule has 0 amide bonds. The second kappa shape index (κ2) is 5.91. The first-order valence-electron chi connectivity index (χ1n) is 7.24. The van der Waals surface area contributed by atoms with Gasteiger partial charge >= 0.3 is 5.97 Å². The molecule has 0 aromatic carbocycles. The Morgan fingerprint density at radius 3 is 2.70 bits per heavy atom. The molecule has 0 saturated heterocycles. The zero-order valence-electron chi connectivity index (χ0n) is 12.1. The summed E-state index contributed by atoms with van der Waals surface area (Å²) in [5.41, 5.74) is 5.89. The third kappa shape index (κ3) is 3.36. The second-order valence-electron chi connectivity index (χ2n) is 6.14. The van der Waals surface area contributed by atoms with Crippen molar-refractivity contribution in [1.82, 2.24) is 10.1 Å². The summed E-state index contributed by atoms with van der Waals surface area (Å²) in [4.78, 5) is 14.8. The predicted molar refractivity (Wildman–Crippen MR) is 72.9 cm³/mol. The van der Waals surface area contributed by atoms with E-state index in [9.17, 15) is 4.79 Å². The lowest BCUT2D eigenvalue weighted by Gasteiger charge is -2.36. The van der Waals surface area contributed by atoms with Gasteiger partial charge in [0.1, 0.15) is 0 Å². The van der Waals surface area contributed by atoms with Crippen LogP contribution in [0.15, 0.2) is 4.52 Å². The number of hydrogen-bond acceptors (Lipinski definition) is 5. The summed E-state index contributed by atoms with van der Waals surface area (Å²) in [6.07, 6.45) is 4.11. The molecule has 0 aliphatic heterocycles. The molecule has 0 spiro atoms. The SMILES string of the molecule is CC(C)C1CCC(N)(c2noc(CCC(=O)O)n2)CC1. The highest BCUT2D eigenvalue weighted by atomic mass is 16.5. The van der Waals surface area contributed by atoms with Crippen LogP contribution in [-0.2, 0) is 16.8 Å². The second-order valence-corrected chi connectivity index (χ2v) is 6.14. The Balaban J connectivity index is 1.99. The van der Waals surface area contributed by atoms with Gasteiger partial charge in [-0.2, -0.15) is 4.98 Å². The predicted octanol–water partition coefficient (Wildman–Crippen LogP) is 2.09. The Kier molecular flexibility index (Phi) is 4.42. The van der Waals surface area contributed by atoms with Crippen LogP contribution in [-0.4, -0.2) is 21.2 Å². The van der Waals surface area contributed by atoms with E-state index >= 15 is 0 Å². The quantitative estimate of drug-likeness (QED) is 0.856. The van der Waals surface area contributed by atoms with E-state index in [2.05, 4.69) is 24.0 Å². The molecule has 0 radical (unpaired) electrons. The lowest BCUT2D eigenvalue weighted by molar-refractivity contribution is -0.137. The molecule has 1 fully saturated rings. The van der Waals surface area contributed by atoms with Crippen LogP contribution in [0.2, 0.25) is 0 Å². The normalized spacial score (nSPS) is 26.9. The molecule has 1 aliphatic carbocycles. The van der Waals surface area contributed by atoms with Gasteiger partial charge in [0.05, 0.1) is 12.0 Å². The molecule has 3 N–H and O–H groups in total. The van der Waals surface area contributed by atoms with Gasteiger partial charge in [0.15, 0.2) is 5.82 Å². The van der Waals surface area contributed by atoms with Crippen molar-refractivity contribution in [2.24, 2.45) is 17.6 Å². The number of nitrogens with two attached hydrogens (primary N) is 1. The van der Waals surface area contributed by atoms with Gasteiger partial charge in [-0.05, 0) is 37.5 Å². The molecule has 6 heteroatoms. The number of aryl methyl sites for hydroxylation is 1. The zero-order valence-corrected chi connectivity index (χ0v) is 12.1. The van der Waals surface area contributed by atoms with Crippen molar-refractivity contribution in [1.29, 1.82) is 0 Å². The maximum absolute atomic E-state index is 10.5. The van der Waals surface area contributed by atoms with Crippen LogP contribution < -0.4 is 5.73 Å². The fourth-order valence-electron chi connectivity index (χ4n) is 2.82. The lowest BCUT2D eigenvalue weighted by atomic mass is 9.73. The number of nitrogens with zero attached hydrogens (tertiary/aromatic N) is 2. The Hall–Kier alpha value is -1.43. The van der Waals surface area contributed by atoms with Crippen LogP contribution in [0, 0.1) is 11.8 Å². The summed E-state index contributed by atoms with van der Waals surface area (Å²) in [6, 6.07) is 0. The first-order valence-corrected chi connectivity index (χ1v) is 7.24.